The van der Waals surface area contributed by atoms with Gasteiger partial charge in [0.15, 0.2) is 5.76 Å². The number of rotatable bonds is 9. The van der Waals surface area contributed by atoms with Crippen molar-refractivity contribution in [1.82, 2.24) is 0 Å². The minimum atomic E-state index is -1.68. The molecule has 0 unspecified atom stereocenters. The highest BCUT2D eigenvalue weighted by atomic mass is 32.2. The molecule has 0 fully saturated rings. The van der Waals surface area contributed by atoms with Crippen LogP contribution in [-0.2, 0) is 4.43 Å². The van der Waals surface area contributed by atoms with Crippen molar-refractivity contribution in [3.8, 4) is 5.75 Å². The van der Waals surface area contributed by atoms with Crippen LogP contribution in [0.15, 0.2) is 53.8 Å². The third kappa shape index (κ3) is 8.02. The van der Waals surface area contributed by atoms with Gasteiger partial charge in [-0.3, -0.25) is 0 Å². The van der Waals surface area contributed by atoms with Crippen LogP contribution in [0.3, 0.4) is 0 Å². The molecule has 4 heteroatoms. The van der Waals surface area contributed by atoms with Gasteiger partial charge in [-0.1, -0.05) is 38.1 Å². The largest absolute Gasteiger partial charge is 0.542 e. The van der Waals surface area contributed by atoms with E-state index in [9.17, 15) is 0 Å². The summed E-state index contributed by atoms with van der Waals surface area (Å²) < 4.78 is 11.9. The van der Waals surface area contributed by atoms with Crippen LogP contribution in [-0.4, -0.2) is 14.1 Å². The standard InChI is InChI=1S/C17H26O2SSi/c1-6-7-13-20-14-17(15(2)19-21(3,4)5)18-16-11-9-8-10-12-16/h8-12,14H,2,6-7,13H2,1,3-5H3/b17-14+. The Balaban J connectivity index is 2.76. The highest BCUT2D eigenvalue weighted by molar-refractivity contribution is 8.02. The fraction of sp³-hybridized carbons (Fsp3) is 0.412. The van der Waals surface area contributed by atoms with E-state index in [-0.39, 0.29) is 0 Å². The van der Waals surface area contributed by atoms with Gasteiger partial charge in [-0.2, -0.15) is 0 Å². The molecule has 0 heterocycles. The number of hydrogen-bond acceptors (Lipinski definition) is 3. The molecule has 2 nitrogen and oxygen atoms in total. The molecular formula is C17H26O2SSi. The Bertz CT molecular complexity index is 463. The lowest BCUT2D eigenvalue weighted by molar-refractivity contribution is 0.348. The molecule has 21 heavy (non-hydrogen) atoms. The van der Waals surface area contributed by atoms with Gasteiger partial charge in [-0.05, 0) is 43.9 Å². The topological polar surface area (TPSA) is 18.5 Å². The molecule has 1 aromatic carbocycles. The van der Waals surface area contributed by atoms with Gasteiger partial charge in [-0.25, -0.2) is 0 Å². The quantitative estimate of drug-likeness (QED) is 0.247. The van der Waals surface area contributed by atoms with Crippen molar-refractivity contribution in [1.29, 1.82) is 0 Å². The maximum atomic E-state index is 5.97. The highest BCUT2D eigenvalue weighted by Gasteiger charge is 2.19. The van der Waals surface area contributed by atoms with E-state index in [1.54, 1.807) is 11.8 Å². The van der Waals surface area contributed by atoms with Crippen LogP contribution < -0.4 is 4.74 Å². The van der Waals surface area contributed by atoms with Crippen LogP contribution in [0.4, 0.5) is 0 Å². The summed E-state index contributed by atoms with van der Waals surface area (Å²) in [5.74, 6) is 3.23. The maximum absolute atomic E-state index is 5.97. The first-order chi connectivity index (χ1) is 9.92. The summed E-state index contributed by atoms with van der Waals surface area (Å²) in [6, 6.07) is 9.76. The first-order valence-corrected chi connectivity index (χ1v) is 11.8. The van der Waals surface area contributed by atoms with E-state index in [4.69, 9.17) is 9.16 Å². The molecular weight excluding hydrogens is 296 g/mol. The third-order valence-corrected chi connectivity index (χ3v) is 4.25. The average Bonchev–Trinajstić information content (AvgIpc) is 2.41. The molecule has 116 valence electrons. The SMILES string of the molecule is C=C(O[Si](C)(C)C)/C(=C\SCCCC)Oc1ccccc1. The Kier molecular flexibility index (Phi) is 7.68. The van der Waals surface area contributed by atoms with Crippen molar-refractivity contribution in [3.63, 3.8) is 0 Å². The second-order valence-electron chi connectivity index (χ2n) is 5.76. The molecule has 0 aromatic heterocycles. The van der Waals surface area contributed by atoms with Gasteiger partial charge >= 0.3 is 0 Å². The monoisotopic (exact) mass is 322 g/mol. The predicted molar refractivity (Wildman–Crippen MR) is 96.1 cm³/mol. The lowest BCUT2D eigenvalue weighted by Crippen LogP contribution is -2.25. The van der Waals surface area contributed by atoms with Crippen molar-refractivity contribution < 1.29 is 9.16 Å². The predicted octanol–water partition coefficient (Wildman–Crippen LogP) is 5.81. The third-order valence-electron chi connectivity index (χ3n) is 2.48. The second-order valence-corrected chi connectivity index (χ2v) is 11.2. The zero-order valence-corrected chi connectivity index (χ0v) is 15.3. The molecule has 0 bridgehead atoms. The van der Waals surface area contributed by atoms with E-state index in [0.717, 1.165) is 11.5 Å². The Morgan fingerprint density at radius 2 is 1.90 bits per heavy atom. The molecule has 0 amide bonds. The molecule has 0 saturated carbocycles. The minimum Gasteiger partial charge on any atom is -0.542 e. The average molecular weight is 323 g/mol. The lowest BCUT2D eigenvalue weighted by Gasteiger charge is -2.22. The van der Waals surface area contributed by atoms with E-state index in [1.165, 1.54) is 12.8 Å². The normalized spacial score (nSPS) is 12.1. The molecule has 1 aromatic rings. The van der Waals surface area contributed by atoms with Crippen molar-refractivity contribution >= 4 is 20.1 Å². The number of thioether (sulfide) groups is 1. The molecule has 1 rings (SSSR count). The first-order valence-electron chi connectivity index (χ1n) is 7.35. The summed E-state index contributed by atoms with van der Waals surface area (Å²) >= 11 is 1.75. The van der Waals surface area contributed by atoms with E-state index in [0.29, 0.717) is 11.5 Å². The summed E-state index contributed by atoms with van der Waals surface area (Å²) in [6.07, 6.45) is 2.39. The van der Waals surface area contributed by atoms with Crippen LogP contribution in [0.25, 0.3) is 0 Å². The molecule has 0 aliphatic carbocycles. The smallest absolute Gasteiger partial charge is 0.242 e. The van der Waals surface area contributed by atoms with Crippen LogP contribution in [0.5, 0.6) is 5.75 Å². The molecule has 0 N–H and O–H groups in total. The Labute approximate surface area is 134 Å². The molecule has 0 radical (unpaired) electrons. The van der Waals surface area contributed by atoms with Crippen LogP contribution in [0, 0.1) is 0 Å². The Morgan fingerprint density at radius 1 is 1.24 bits per heavy atom. The number of benzene rings is 1. The van der Waals surface area contributed by atoms with Crippen molar-refractivity contribution in [2.75, 3.05) is 5.75 Å². The Morgan fingerprint density at radius 3 is 2.48 bits per heavy atom. The Hall–Kier alpha value is -1.13. The van der Waals surface area contributed by atoms with Gasteiger partial charge in [0.2, 0.25) is 8.32 Å². The number of ether oxygens (including phenoxy) is 1. The van der Waals surface area contributed by atoms with E-state index in [1.807, 2.05) is 35.7 Å². The molecule has 0 spiro atoms. The van der Waals surface area contributed by atoms with E-state index < -0.39 is 8.32 Å². The highest BCUT2D eigenvalue weighted by Crippen LogP contribution is 2.23. The lowest BCUT2D eigenvalue weighted by atomic mass is 10.3. The van der Waals surface area contributed by atoms with Crippen LogP contribution >= 0.6 is 11.8 Å². The maximum Gasteiger partial charge on any atom is 0.242 e. The first kappa shape index (κ1) is 17.9. The van der Waals surface area contributed by atoms with Crippen molar-refractivity contribution in [2.24, 2.45) is 0 Å². The van der Waals surface area contributed by atoms with Gasteiger partial charge in [0.05, 0.1) is 0 Å². The minimum absolute atomic E-state index is 0.627. The number of para-hydroxylation sites is 1. The van der Waals surface area contributed by atoms with E-state index >= 15 is 0 Å². The molecule has 0 aliphatic rings. The second kappa shape index (κ2) is 9.00. The fourth-order valence-electron chi connectivity index (χ4n) is 1.54. The zero-order chi connectivity index (χ0) is 15.7. The van der Waals surface area contributed by atoms with Gasteiger partial charge in [0.25, 0.3) is 0 Å². The summed E-state index contributed by atoms with van der Waals surface area (Å²) in [7, 11) is -1.68. The summed E-state index contributed by atoms with van der Waals surface area (Å²) in [4.78, 5) is 0. The summed E-state index contributed by atoms with van der Waals surface area (Å²) in [5.41, 5.74) is 0. The molecule has 0 atom stereocenters. The number of hydrogen-bond donors (Lipinski definition) is 0. The van der Waals surface area contributed by atoms with Crippen molar-refractivity contribution in [3.05, 3.63) is 53.8 Å². The summed E-state index contributed by atoms with van der Waals surface area (Å²) in [6.45, 7) is 12.7. The van der Waals surface area contributed by atoms with Crippen molar-refractivity contribution in [2.45, 2.75) is 39.4 Å². The fourth-order valence-corrected chi connectivity index (χ4v) is 3.29. The summed E-state index contributed by atoms with van der Waals surface area (Å²) in [5, 5.41) is 2.02. The number of unbranched alkanes of at least 4 members (excludes halogenated alkanes) is 1. The van der Waals surface area contributed by atoms with Crippen LogP contribution in [0.2, 0.25) is 19.6 Å². The van der Waals surface area contributed by atoms with Gasteiger partial charge in [-0.15, -0.1) is 11.8 Å². The van der Waals surface area contributed by atoms with Gasteiger partial charge < -0.3 is 9.16 Å². The van der Waals surface area contributed by atoms with Gasteiger partial charge in [0, 0.05) is 5.41 Å². The molecule has 0 aliphatic heterocycles. The zero-order valence-electron chi connectivity index (χ0n) is 13.5. The van der Waals surface area contributed by atoms with Crippen LogP contribution in [0.1, 0.15) is 19.8 Å². The van der Waals surface area contributed by atoms with Gasteiger partial charge in [0.1, 0.15) is 11.5 Å². The van der Waals surface area contributed by atoms with E-state index in [2.05, 4.69) is 33.1 Å². The molecule has 0 saturated heterocycles.